The van der Waals surface area contributed by atoms with Gasteiger partial charge in [-0.3, -0.25) is 4.79 Å². The van der Waals surface area contributed by atoms with Crippen LogP contribution in [0.4, 0.5) is 0 Å². The van der Waals surface area contributed by atoms with E-state index < -0.39 is 11.9 Å². The molecule has 17 heavy (non-hydrogen) atoms. The number of carboxylic acids is 1. The summed E-state index contributed by atoms with van der Waals surface area (Å²) in [4.78, 5) is 18.8. The summed E-state index contributed by atoms with van der Waals surface area (Å²) in [6, 6.07) is 0. The zero-order valence-corrected chi connectivity index (χ0v) is 11.3. The van der Waals surface area contributed by atoms with E-state index in [-0.39, 0.29) is 0 Å². The molecule has 0 radical (unpaired) electrons. The summed E-state index contributed by atoms with van der Waals surface area (Å²) in [5.41, 5.74) is 0.884. The van der Waals surface area contributed by atoms with Crippen LogP contribution in [0.2, 0.25) is 0 Å². The van der Waals surface area contributed by atoms with E-state index in [1.165, 1.54) is 0 Å². The van der Waals surface area contributed by atoms with Crippen molar-refractivity contribution in [1.29, 1.82) is 0 Å². The molecule has 0 aliphatic carbocycles. The Bertz CT molecular complexity index is 430. The van der Waals surface area contributed by atoms with E-state index in [0.717, 1.165) is 35.1 Å². The van der Waals surface area contributed by atoms with Crippen LogP contribution in [0, 0.1) is 6.92 Å². The Labute approximate surface area is 105 Å². The first-order valence-electron chi connectivity index (χ1n) is 5.87. The van der Waals surface area contributed by atoms with Crippen molar-refractivity contribution in [3.63, 3.8) is 0 Å². The van der Waals surface area contributed by atoms with Crippen molar-refractivity contribution in [3.05, 3.63) is 15.6 Å². The monoisotopic (exact) mass is 254 g/mol. The average Bonchev–Trinajstić information content (AvgIpc) is 2.83. The highest BCUT2D eigenvalue weighted by Gasteiger charge is 2.27. The van der Waals surface area contributed by atoms with Gasteiger partial charge in [0.15, 0.2) is 0 Å². The molecule has 0 amide bonds. The first-order chi connectivity index (χ1) is 7.99. The van der Waals surface area contributed by atoms with Gasteiger partial charge in [0.05, 0.1) is 16.6 Å². The Morgan fingerprint density at radius 1 is 1.65 bits per heavy atom. The molecule has 1 N–H and O–H groups in total. The van der Waals surface area contributed by atoms with Gasteiger partial charge in [-0.15, -0.1) is 11.3 Å². The number of nitrogens with zero attached hydrogens (tertiary/aromatic N) is 2. The molecule has 0 saturated carbocycles. The molecule has 0 aromatic carbocycles. The lowest BCUT2D eigenvalue weighted by Gasteiger charge is -2.06. The molecular weight excluding hydrogens is 236 g/mol. The van der Waals surface area contributed by atoms with Gasteiger partial charge in [-0.25, -0.2) is 4.98 Å². The molecule has 2 rings (SSSR count). The van der Waals surface area contributed by atoms with E-state index in [4.69, 9.17) is 5.11 Å². The third-order valence-electron chi connectivity index (χ3n) is 3.35. The highest BCUT2D eigenvalue weighted by molar-refractivity contribution is 7.12. The van der Waals surface area contributed by atoms with E-state index >= 15 is 0 Å². The van der Waals surface area contributed by atoms with Crippen LogP contribution in [0.5, 0.6) is 0 Å². The van der Waals surface area contributed by atoms with Crippen molar-refractivity contribution >= 4 is 17.3 Å². The summed E-state index contributed by atoms with van der Waals surface area (Å²) in [6.45, 7) is 5.78. The molecule has 1 saturated heterocycles. The number of rotatable bonds is 3. The molecule has 1 aromatic heterocycles. The van der Waals surface area contributed by atoms with E-state index in [0.29, 0.717) is 5.92 Å². The van der Waals surface area contributed by atoms with Crippen LogP contribution in [-0.2, 0) is 4.79 Å². The molecule has 1 aliphatic rings. The molecule has 1 aliphatic heterocycles. The zero-order chi connectivity index (χ0) is 12.6. The highest BCUT2D eigenvalue weighted by atomic mass is 32.1. The minimum absolute atomic E-state index is 0.444. The van der Waals surface area contributed by atoms with Gasteiger partial charge in [0.25, 0.3) is 0 Å². The molecule has 2 heterocycles. The maximum absolute atomic E-state index is 11.0. The third-order valence-corrected chi connectivity index (χ3v) is 4.86. The Kier molecular flexibility index (Phi) is 3.49. The number of carbonyl (C=O) groups is 1. The smallest absolute Gasteiger partial charge is 0.311 e. The summed E-state index contributed by atoms with van der Waals surface area (Å²) >= 11 is 1.58. The molecule has 1 fully saturated rings. The normalized spacial score (nSPS) is 22.9. The van der Waals surface area contributed by atoms with Gasteiger partial charge in [-0.1, -0.05) is 0 Å². The topological polar surface area (TPSA) is 53.4 Å². The van der Waals surface area contributed by atoms with Gasteiger partial charge in [-0.05, 0) is 33.9 Å². The number of hydrogen-bond acceptors (Lipinski definition) is 4. The number of aromatic nitrogens is 1. The number of aliphatic carboxylic acids is 1. The number of carboxylic acid groups (broad SMARTS) is 1. The Morgan fingerprint density at radius 3 is 2.88 bits per heavy atom. The molecule has 0 bridgehead atoms. The lowest BCUT2D eigenvalue weighted by molar-refractivity contribution is -0.138. The second-order valence-electron chi connectivity index (χ2n) is 4.81. The van der Waals surface area contributed by atoms with Gasteiger partial charge in [-0.2, -0.15) is 0 Å². The fourth-order valence-electron chi connectivity index (χ4n) is 2.25. The van der Waals surface area contributed by atoms with Crippen molar-refractivity contribution in [3.8, 4) is 0 Å². The first-order valence-corrected chi connectivity index (χ1v) is 6.69. The lowest BCUT2D eigenvalue weighted by Crippen LogP contribution is -2.13. The standard InChI is InChI=1S/C12H18N2O2S/c1-7(12(15)16)10-8(2)13-11(17-10)9-4-5-14(3)6-9/h7,9H,4-6H2,1-3H3,(H,15,16). The fourth-order valence-corrected chi connectivity index (χ4v) is 3.49. The summed E-state index contributed by atoms with van der Waals surface area (Å²) in [5.74, 6) is -0.731. The molecule has 1 aromatic rings. The molecule has 5 heteroatoms. The number of aryl methyl sites for hydroxylation is 1. The van der Waals surface area contributed by atoms with Crippen LogP contribution in [0.3, 0.4) is 0 Å². The van der Waals surface area contributed by atoms with E-state index in [9.17, 15) is 4.79 Å². The van der Waals surface area contributed by atoms with Crippen LogP contribution < -0.4 is 0 Å². The molecular formula is C12H18N2O2S. The minimum atomic E-state index is -0.771. The van der Waals surface area contributed by atoms with E-state index in [1.54, 1.807) is 18.3 Å². The van der Waals surface area contributed by atoms with Crippen molar-refractivity contribution in [2.45, 2.75) is 32.1 Å². The zero-order valence-electron chi connectivity index (χ0n) is 10.4. The van der Waals surface area contributed by atoms with Crippen LogP contribution >= 0.6 is 11.3 Å². The Balaban J connectivity index is 2.21. The number of thiazole rings is 1. The summed E-state index contributed by atoms with van der Waals surface area (Å²) in [7, 11) is 2.11. The van der Waals surface area contributed by atoms with Crippen LogP contribution in [0.1, 0.15) is 40.8 Å². The lowest BCUT2D eigenvalue weighted by atomic mass is 10.1. The second kappa shape index (κ2) is 4.74. The second-order valence-corrected chi connectivity index (χ2v) is 5.87. The molecule has 0 spiro atoms. The first kappa shape index (κ1) is 12.5. The maximum atomic E-state index is 11.0. The van der Waals surface area contributed by atoms with Crippen molar-refractivity contribution in [1.82, 2.24) is 9.88 Å². The SMILES string of the molecule is Cc1nc(C2CCN(C)C2)sc1C(C)C(=O)O. The van der Waals surface area contributed by atoms with Gasteiger partial charge < -0.3 is 10.0 Å². The largest absolute Gasteiger partial charge is 0.481 e. The predicted octanol–water partition coefficient (Wildman–Crippen LogP) is 2.06. The minimum Gasteiger partial charge on any atom is -0.481 e. The summed E-state index contributed by atoms with van der Waals surface area (Å²) in [5, 5.41) is 10.2. The Hall–Kier alpha value is -0.940. The number of likely N-dealkylation sites (tertiary alicyclic amines) is 1. The van der Waals surface area contributed by atoms with Crippen LogP contribution in [0.25, 0.3) is 0 Å². The summed E-state index contributed by atoms with van der Waals surface area (Å²) in [6.07, 6.45) is 1.13. The van der Waals surface area contributed by atoms with Crippen molar-refractivity contribution in [2.24, 2.45) is 0 Å². The molecule has 94 valence electrons. The molecule has 2 atom stereocenters. The molecule has 4 nitrogen and oxygen atoms in total. The van der Waals surface area contributed by atoms with Crippen molar-refractivity contribution in [2.75, 3.05) is 20.1 Å². The summed E-state index contributed by atoms with van der Waals surface area (Å²) < 4.78 is 0. The quantitative estimate of drug-likeness (QED) is 0.897. The van der Waals surface area contributed by atoms with E-state index in [1.807, 2.05) is 6.92 Å². The third kappa shape index (κ3) is 2.50. The maximum Gasteiger partial charge on any atom is 0.311 e. The van der Waals surface area contributed by atoms with Crippen LogP contribution in [-0.4, -0.2) is 41.1 Å². The fraction of sp³-hybridized carbons (Fsp3) is 0.667. The van der Waals surface area contributed by atoms with Gasteiger partial charge >= 0.3 is 5.97 Å². The van der Waals surface area contributed by atoms with Crippen LogP contribution in [0.15, 0.2) is 0 Å². The molecule has 2 unspecified atom stereocenters. The highest BCUT2D eigenvalue weighted by Crippen LogP contribution is 2.34. The van der Waals surface area contributed by atoms with Gasteiger partial charge in [0.2, 0.25) is 0 Å². The van der Waals surface area contributed by atoms with Gasteiger partial charge in [0.1, 0.15) is 0 Å². The number of likely N-dealkylation sites (N-methyl/N-ethyl adjacent to an activating group) is 1. The van der Waals surface area contributed by atoms with E-state index in [2.05, 4.69) is 16.9 Å². The van der Waals surface area contributed by atoms with Gasteiger partial charge in [0, 0.05) is 17.3 Å². The average molecular weight is 254 g/mol. The van der Waals surface area contributed by atoms with Crippen molar-refractivity contribution < 1.29 is 9.90 Å². The number of hydrogen-bond donors (Lipinski definition) is 1. The Morgan fingerprint density at radius 2 is 2.35 bits per heavy atom. The predicted molar refractivity (Wildman–Crippen MR) is 67.8 cm³/mol.